The predicted octanol–water partition coefficient (Wildman–Crippen LogP) is 1.72. The Hall–Kier alpha value is -1.11. The largest absolute Gasteiger partial charge is 0.480 e. The van der Waals surface area contributed by atoms with Crippen molar-refractivity contribution in [1.82, 2.24) is 4.90 Å². The van der Waals surface area contributed by atoms with Crippen LogP contribution in [-0.4, -0.2) is 47.7 Å². The maximum absolute atomic E-state index is 12.2. The van der Waals surface area contributed by atoms with Gasteiger partial charge in [0.2, 0.25) is 0 Å². The highest BCUT2D eigenvalue weighted by Gasteiger charge is 2.40. The molecule has 2 atom stereocenters. The fourth-order valence-corrected chi connectivity index (χ4v) is 3.00. The van der Waals surface area contributed by atoms with Crippen molar-refractivity contribution in [3.8, 4) is 0 Å². The van der Waals surface area contributed by atoms with E-state index in [2.05, 4.69) is 0 Å². The van der Waals surface area contributed by atoms with E-state index in [0.717, 1.165) is 11.3 Å². The molecule has 0 spiro atoms. The highest BCUT2D eigenvalue weighted by atomic mass is 35.5. The fourth-order valence-electron chi connectivity index (χ4n) is 2.00. The fraction of sp³-hybridized carbons (Fsp3) is 0.455. The van der Waals surface area contributed by atoms with E-state index in [9.17, 15) is 9.59 Å². The van der Waals surface area contributed by atoms with Gasteiger partial charge in [-0.1, -0.05) is 11.6 Å². The van der Waals surface area contributed by atoms with Crippen LogP contribution in [0, 0.1) is 0 Å². The van der Waals surface area contributed by atoms with E-state index in [4.69, 9.17) is 21.4 Å². The number of hydrogen-bond acceptors (Lipinski definition) is 4. The van der Waals surface area contributed by atoms with Crippen LogP contribution in [0.3, 0.4) is 0 Å². The first kappa shape index (κ1) is 13.3. The quantitative estimate of drug-likeness (QED) is 0.920. The number of likely N-dealkylation sites (tertiary alicyclic amines) is 1. The summed E-state index contributed by atoms with van der Waals surface area (Å²) in [5.74, 6) is -1.32. The Balaban J connectivity index is 2.20. The number of hydrogen-bond donors (Lipinski definition) is 1. The standard InChI is InChI=1S/C11H12ClNO4S/c1-17-6-4-7(11(15)16)13(5-6)10(14)8-2-3-9(12)18-8/h2-3,6-7H,4-5H2,1H3,(H,15,16). The zero-order valence-electron chi connectivity index (χ0n) is 9.63. The first-order chi connectivity index (χ1) is 8.52. The minimum atomic E-state index is -1.01. The van der Waals surface area contributed by atoms with Crippen molar-refractivity contribution in [3.05, 3.63) is 21.3 Å². The van der Waals surface area contributed by atoms with Crippen LogP contribution in [0.2, 0.25) is 4.34 Å². The van der Waals surface area contributed by atoms with Crippen molar-refractivity contribution >= 4 is 34.8 Å². The van der Waals surface area contributed by atoms with Gasteiger partial charge < -0.3 is 14.7 Å². The Morgan fingerprint density at radius 3 is 2.78 bits per heavy atom. The number of thiophene rings is 1. The molecule has 1 aliphatic rings. The second kappa shape index (κ2) is 5.26. The molecule has 1 amide bonds. The van der Waals surface area contributed by atoms with Crippen molar-refractivity contribution in [2.45, 2.75) is 18.6 Å². The summed E-state index contributed by atoms with van der Waals surface area (Å²) < 4.78 is 5.64. The molecular formula is C11H12ClNO4S. The van der Waals surface area contributed by atoms with Crippen LogP contribution in [0.1, 0.15) is 16.1 Å². The van der Waals surface area contributed by atoms with Crippen molar-refractivity contribution in [1.29, 1.82) is 0 Å². The lowest BCUT2D eigenvalue weighted by atomic mass is 10.2. The lowest BCUT2D eigenvalue weighted by molar-refractivity contribution is -0.141. The summed E-state index contributed by atoms with van der Waals surface area (Å²) in [5, 5.41) is 9.13. The minimum Gasteiger partial charge on any atom is -0.480 e. The molecule has 0 radical (unpaired) electrons. The monoisotopic (exact) mass is 289 g/mol. The average Bonchev–Trinajstić information content (AvgIpc) is 2.93. The van der Waals surface area contributed by atoms with Gasteiger partial charge in [0.15, 0.2) is 0 Å². The van der Waals surface area contributed by atoms with Gasteiger partial charge in [-0.25, -0.2) is 4.79 Å². The first-order valence-electron chi connectivity index (χ1n) is 5.35. The molecule has 1 aliphatic heterocycles. The molecule has 0 aromatic carbocycles. The number of nitrogens with zero attached hydrogens (tertiary/aromatic N) is 1. The van der Waals surface area contributed by atoms with Gasteiger partial charge in [-0.2, -0.15) is 0 Å². The Kier molecular flexibility index (Phi) is 3.89. The van der Waals surface area contributed by atoms with Crippen LogP contribution >= 0.6 is 22.9 Å². The molecule has 1 aromatic rings. The molecule has 1 fully saturated rings. The van der Waals surface area contributed by atoms with Gasteiger partial charge in [0.25, 0.3) is 5.91 Å². The van der Waals surface area contributed by atoms with Gasteiger partial charge in [-0.05, 0) is 12.1 Å². The third-order valence-electron chi connectivity index (χ3n) is 2.93. The first-order valence-corrected chi connectivity index (χ1v) is 6.54. The normalized spacial score (nSPS) is 23.3. The minimum absolute atomic E-state index is 0.231. The van der Waals surface area contributed by atoms with E-state index in [0.29, 0.717) is 22.2 Å². The van der Waals surface area contributed by atoms with Gasteiger partial charge in [-0.15, -0.1) is 11.3 Å². The van der Waals surface area contributed by atoms with Crippen molar-refractivity contribution in [3.63, 3.8) is 0 Å². The van der Waals surface area contributed by atoms with E-state index < -0.39 is 12.0 Å². The SMILES string of the molecule is COC1CC(C(=O)O)N(C(=O)c2ccc(Cl)s2)C1. The highest BCUT2D eigenvalue weighted by Crippen LogP contribution is 2.27. The smallest absolute Gasteiger partial charge is 0.326 e. The number of aliphatic carboxylic acids is 1. The molecule has 2 heterocycles. The molecule has 98 valence electrons. The van der Waals surface area contributed by atoms with E-state index in [1.165, 1.54) is 12.0 Å². The summed E-state index contributed by atoms with van der Waals surface area (Å²) in [6.45, 7) is 0.293. The lowest BCUT2D eigenvalue weighted by Crippen LogP contribution is -2.40. The molecule has 2 rings (SSSR count). The van der Waals surface area contributed by atoms with E-state index in [-0.39, 0.29) is 12.0 Å². The molecular weight excluding hydrogens is 278 g/mol. The second-order valence-corrected chi connectivity index (χ2v) is 5.72. The number of carbonyl (C=O) groups excluding carboxylic acids is 1. The summed E-state index contributed by atoms with van der Waals surface area (Å²) in [6, 6.07) is 2.40. The van der Waals surface area contributed by atoms with Crippen molar-refractivity contribution in [2.75, 3.05) is 13.7 Å². The number of carboxylic acids is 1. The molecule has 0 aliphatic carbocycles. The third kappa shape index (κ3) is 2.50. The van der Waals surface area contributed by atoms with E-state index in [1.54, 1.807) is 12.1 Å². The number of ether oxygens (including phenoxy) is 1. The second-order valence-electron chi connectivity index (χ2n) is 4.01. The number of halogens is 1. The number of carbonyl (C=O) groups is 2. The van der Waals surface area contributed by atoms with Crippen molar-refractivity contribution < 1.29 is 19.4 Å². The van der Waals surface area contributed by atoms with Gasteiger partial charge in [0, 0.05) is 20.1 Å². The Morgan fingerprint density at radius 1 is 1.56 bits per heavy atom. The highest BCUT2D eigenvalue weighted by molar-refractivity contribution is 7.17. The third-order valence-corrected chi connectivity index (χ3v) is 4.15. The zero-order valence-corrected chi connectivity index (χ0v) is 11.2. The molecule has 7 heteroatoms. The van der Waals surface area contributed by atoms with E-state index in [1.807, 2.05) is 0 Å². The summed E-state index contributed by atoms with van der Waals surface area (Å²) in [5.41, 5.74) is 0. The van der Waals surface area contributed by atoms with Crippen LogP contribution in [0.5, 0.6) is 0 Å². The maximum atomic E-state index is 12.2. The summed E-state index contributed by atoms with van der Waals surface area (Å²) in [7, 11) is 1.51. The molecule has 2 unspecified atom stereocenters. The number of amides is 1. The zero-order chi connectivity index (χ0) is 13.3. The summed E-state index contributed by atoms with van der Waals surface area (Å²) in [4.78, 5) is 25.1. The number of carboxylic acid groups (broad SMARTS) is 1. The van der Waals surface area contributed by atoms with E-state index >= 15 is 0 Å². The van der Waals surface area contributed by atoms with Crippen molar-refractivity contribution in [2.24, 2.45) is 0 Å². The Bertz CT molecular complexity index is 475. The molecule has 18 heavy (non-hydrogen) atoms. The summed E-state index contributed by atoms with van der Waals surface area (Å²) >= 11 is 6.92. The molecule has 0 saturated carbocycles. The molecule has 0 bridgehead atoms. The van der Waals surface area contributed by atoms with Gasteiger partial charge >= 0.3 is 5.97 Å². The number of rotatable bonds is 3. The van der Waals surface area contributed by atoms with Gasteiger partial charge in [0.1, 0.15) is 6.04 Å². The van der Waals surface area contributed by atoms with Crippen LogP contribution in [0.25, 0.3) is 0 Å². The van der Waals surface area contributed by atoms with Crippen LogP contribution in [0.15, 0.2) is 12.1 Å². The van der Waals surface area contributed by atoms with Crippen LogP contribution < -0.4 is 0 Å². The topological polar surface area (TPSA) is 66.8 Å². The number of methoxy groups -OCH3 is 1. The van der Waals surface area contributed by atoms with Crippen LogP contribution in [0.4, 0.5) is 0 Å². The predicted molar refractivity (Wildman–Crippen MR) is 67.2 cm³/mol. The lowest BCUT2D eigenvalue weighted by Gasteiger charge is -2.20. The average molecular weight is 290 g/mol. The molecule has 1 N–H and O–H groups in total. The molecule has 1 saturated heterocycles. The molecule has 1 aromatic heterocycles. The maximum Gasteiger partial charge on any atom is 0.326 e. The Morgan fingerprint density at radius 2 is 2.28 bits per heavy atom. The Labute approximate surface area is 113 Å². The van der Waals surface area contributed by atoms with Crippen LogP contribution in [-0.2, 0) is 9.53 Å². The van der Waals surface area contributed by atoms with Gasteiger partial charge in [0.05, 0.1) is 15.3 Å². The molecule has 5 nitrogen and oxygen atoms in total. The summed E-state index contributed by atoms with van der Waals surface area (Å²) in [6.07, 6.45) is 0.0851. The van der Waals surface area contributed by atoms with Gasteiger partial charge in [-0.3, -0.25) is 4.79 Å².